The van der Waals surface area contributed by atoms with Crippen LogP contribution in [-0.4, -0.2) is 24.0 Å². The van der Waals surface area contributed by atoms with Gasteiger partial charge in [-0.1, -0.05) is 6.42 Å². The van der Waals surface area contributed by atoms with E-state index in [1.807, 2.05) is 0 Å². The Hall–Kier alpha value is -0.550. The lowest BCUT2D eigenvalue weighted by molar-refractivity contribution is 0.142. The SMILES string of the molecule is CC1CCCCN1CC1(C#N)CC1. The van der Waals surface area contributed by atoms with Crippen LogP contribution in [0, 0.1) is 16.7 Å². The van der Waals surface area contributed by atoms with Gasteiger partial charge in [-0.2, -0.15) is 5.26 Å². The fourth-order valence-corrected chi connectivity index (χ4v) is 2.24. The maximum Gasteiger partial charge on any atom is 0.0703 e. The molecule has 0 spiro atoms. The molecule has 2 aliphatic rings. The second-order valence-electron chi connectivity index (χ2n) is 4.71. The molecule has 0 amide bonds. The molecule has 72 valence electrons. The third-order valence-electron chi connectivity index (χ3n) is 3.54. The number of hydrogen-bond acceptors (Lipinski definition) is 2. The van der Waals surface area contributed by atoms with Gasteiger partial charge in [-0.3, -0.25) is 4.90 Å². The van der Waals surface area contributed by atoms with E-state index in [9.17, 15) is 0 Å². The van der Waals surface area contributed by atoms with Crippen molar-refractivity contribution in [3.63, 3.8) is 0 Å². The lowest BCUT2D eigenvalue weighted by Crippen LogP contribution is -2.40. The Morgan fingerprint density at radius 2 is 2.23 bits per heavy atom. The Morgan fingerprint density at radius 3 is 2.77 bits per heavy atom. The molecule has 0 radical (unpaired) electrons. The summed E-state index contributed by atoms with van der Waals surface area (Å²) in [5.74, 6) is 0. The van der Waals surface area contributed by atoms with Crippen molar-refractivity contribution in [3.8, 4) is 6.07 Å². The highest BCUT2D eigenvalue weighted by molar-refractivity contribution is 5.11. The van der Waals surface area contributed by atoms with Gasteiger partial charge in [0, 0.05) is 12.6 Å². The zero-order valence-corrected chi connectivity index (χ0v) is 8.42. The summed E-state index contributed by atoms with van der Waals surface area (Å²) >= 11 is 0. The van der Waals surface area contributed by atoms with Gasteiger partial charge in [0.25, 0.3) is 0 Å². The summed E-state index contributed by atoms with van der Waals surface area (Å²) in [5, 5.41) is 9.00. The summed E-state index contributed by atoms with van der Waals surface area (Å²) < 4.78 is 0. The van der Waals surface area contributed by atoms with Crippen LogP contribution >= 0.6 is 0 Å². The van der Waals surface area contributed by atoms with Gasteiger partial charge in [-0.25, -0.2) is 0 Å². The molecule has 1 saturated heterocycles. The van der Waals surface area contributed by atoms with Crippen molar-refractivity contribution < 1.29 is 0 Å². The Balaban J connectivity index is 1.90. The maximum absolute atomic E-state index is 9.00. The fourth-order valence-electron chi connectivity index (χ4n) is 2.24. The van der Waals surface area contributed by atoms with Gasteiger partial charge in [0.15, 0.2) is 0 Å². The molecule has 1 saturated carbocycles. The van der Waals surface area contributed by atoms with Crippen molar-refractivity contribution in [2.75, 3.05) is 13.1 Å². The van der Waals surface area contributed by atoms with Crippen molar-refractivity contribution in [1.29, 1.82) is 5.26 Å². The third-order valence-corrected chi connectivity index (χ3v) is 3.54. The first-order valence-corrected chi connectivity index (χ1v) is 5.41. The molecule has 1 atom stereocenters. The van der Waals surface area contributed by atoms with E-state index in [4.69, 9.17) is 5.26 Å². The van der Waals surface area contributed by atoms with Crippen LogP contribution in [0.15, 0.2) is 0 Å². The molecule has 2 fully saturated rings. The third kappa shape index (κ3) is 1.86. The van der Waals surface area contributed by atoms with Crippen molar-refractivity contribution in [2.24, 2.45) is 5.41 Å². The van der Waals surface area contributed by atoms with Crippen LogP contribution in [0.5, 0.6) is 0 Å². The van der Waals surface area contributed by atoms with E-state index in [2.05, 4.69) is 17.9 Å². The maximum atomic E-state index is 9.00. The summed E-state index contributed by atoms with van der Waals surface area (Å²) in [4.78, 5) is 2.51. The van der Waals surface area contributed by atoms with Crippen LogP contribution in [0.4, 0.5) is 0 Å². The van der Waals surface area contributed by atoms with Gasteiger partial charge < -0.3 is 0 Å². The molecule has 0 aromatic rings. The number of rotatable bonds is 2. The molecule has 0 aromatic carbocycles. The monoisotopic (exact) mass is 178 g/mol. The predicted octanol–water partition coefficient (Wildman–Crippen LogP) is 2.16. The van der Waals surface area contributed by atoms with E-state index in [1.165, 1.54) is 25.8 Å². The highest BCUT2D eigenvalue weighted by Crippen LogP contribution is 2.46. The zero-order valence-electron chi connectivity index (χ0n) is 8.42. The number of nitriles is 1. The number of piperidine rings is 1. The number of nitrogens with zero attached hydrogens (tertiary/aromatic N) is 2. The molecular formula is C11H18N2. The fraction of sp³-hybridized carbons (Fsp3) is 0.909. The van der Waals surface area contributed by atoms with E-state index < -0.39 is 0 Å². The Kier molecular flexibility index (Phi) is 2.29. The summed E-state index contributed by atoms with van der Waals surface area (Å²) in [7, 11) is 0. The van der Waals surface area contributed by atoms with Crippen LogP contribution in [0.3, 0.4) is 0 Å². The van der Waals surface area contributed by atoms with E-state index in [1.54, 1.807) is 0 Å². The molecule has 1 unspecified atom stereocenters. The molecule has 0 N–H and O–H groups in total. The average molecular weight is 178 g/mol. The van der Waals surface area contributed by atoms with Crippen LogP contribution in [0.2, 0.25) is 0 Å². The molecule has 1 aliphatic carbocycles. The van der Waals surface area contributed by atoms with Crippen molar-refractivity contribution in [3.05, 3.63) is 0 Å². The average Bonchev–Trinajstić information content (AvgIpc) is 2.90. The first-order valence-electron chi connectivity index (χ1n) is 5.41. The highest BCUT2D eigenvalue weighted by atomic mass is 15.2. The summed E-state index contributed by atoms with van der Waals surface area (Å²) in [6.45, 7) is 4.54. The summed E-state index contributed by atoms with van der Waals surface area (Å²) in [6, 6.07) is 3.19. The normalized spacial score (nSPS) is 32.5. The topological polar surface area (TPSA) is 27.0 Å². The van der Waals surface area contributed by atoms with Gasteiger partial charge in [-0.05, 0) is 39.2 Å². The lowest BCUT2D eigenvalue weighted by atomic mass is 10.0. The molecule has 13 heavy (non-hydrogen) atoms. The second-order valence-corrected chi connectivity index (χ2v) is 4.71. The Morgan fingerprint density at radius 1 is 1.46 bits per heavy atom. The van der Waals surface area contributed by atoms with Gasteiger partial charge in [-0.15, -0.1) is 0 Å². The van der Waals surface area contributed by atoms with Gasteiger partial charge in [0.1, 0.15) is 0 Å². The van der Waals surface area contributed by atoms with Crippen LogP contribution in [-0.2, 0) is 0 Å². The van der Waals surface area contributed by atoms with Gasteiger partial charge >= 0.3 is 0 Å². The van der Waals surface area contributed by atoms with E-state index >= 15 is 0 Å². The predicted molar refractivity (Wildman–Crippen MR) is 52.2 cm³/mol. The number of hydrogen-bond donors (Lipinski definition) is 0. The number of likely N-dealkylation sites (tertiary alicyclic amines) is 1. The Labute approximate surface area is 80.5 Å². The first-order chi connectivity index (χ1) is 6.26. The molecular weight excluding hydrogens is 160 g/mol. The van der Waals surface area contributed by atoms with Crippen LogP contribution in [0.1, 0.15) is 39.0 Å². The molecule has 2 rings (SSSR count). The summed E-state index contributed by atoms with van der Waals surface area (Å²) in [5.41, 5.74) is 0.0611. The lowest BCUT2D eigenvalue weighted by Gasteiger charge is -2.34. The van der Waals surface area contributed by atoms with Crippen LogP contribution in [0.25, 0.3) is 0 Å². The highest BCUT2D eigenvalue weighted by Gasteiger charge is 2.45. The zero-order chi connectivity index (χ0) is 9.31. The van der Waals surface area contributed by atoms with Gasteiger partial charge in [0.05, 0.1) is 11.5 Å². The van der Waals surface area contributed by atoms with Crippen molar-refractivity contribution in [1.82, 2.24) is 4.90 Å². The van der Waals surface area contributed by atoms with E-state index in [-0.39, 0.29) is 5.41 Å². The quantitative estimate of drug-likeness (QED) is 0.648. The van der Waals surface area contributed by atoms with Crippen molar-refractivity contribution in [2.45, 2.75) is 45.1 Å². The second kappa shape index (κ2) is 3.31. The van der Waals surface area contributed by atoms with Gasteiger partial charge in [0.2, 0.25) is 0 Å². The first kappa shape index (κ1) is 9.02. The molecule has 1 heterocycles. The van der Waals surface area contributed by atoms with Crippen molar-refractivity contribution >= 4 is 0 Å². The standard InChI is InChI=1S/C11H18N2/c1-10-4-2-3-7-13(10)9-11(8-12)5-6-11/h10H,2-7,9H2,1H3. The molecule has 2 heteroatoms. The molecule has 0 aromatic heterocycles. The minimum absolute atomic E-state index is 0.0611. The molecule has 1 aliphatic heterocycles. The largest absolute Gasteiger partial charge is 0.299 e. The smallest absolute Gasteiger partial charge is 0.0703 e. The molecule has 2 nitrogen and oxygen atoms in total. The Bertz CT molecular complexity index is 225. The summed E-state index contributed by atoms with van der Waals surface area (Å²) in [6.07, 6.45) is 6.28. The minimum Gasteiger partial charge on any atom is -0.299 e. The van der Waals surface area contributed by atoms with E-state index in [0.717, 1.165) is 19.4 Å². The van der Waals surface area contributed by atoms with E-state index in [0.29, 0.717) is 6.04 Å². The van der Waals surface area contributed by atoms with Crippen LogP contribution < -0.4 is 0 Å². The minimum atomic E-state index is 0.0611. The molecule has 0 bridgehead atoms.